The van der Waals surface area contributed by atoms with Gasteiger partial charge in [0.25, 0.3) is 0 Å². The summed E-state index contributed by atoms with van der Waals surface area (Å²) in [6, 6.07) is 0. The number of quaternary nitrogens is 1. The fourth-order valence-corrected chi connectivity index (χ4v) is 7.96. The van der Waals surface area contributed by atoms with Crippen LogP contribution in [-0.2, 0) is 32.7 Å². The van der Waals surface area contributed by atoms with Crippen LogP contribution in [0, 0.1) is 0 Å². The van der Waals surface area contributed by atoms with Gasteiger partial charge in [-0.05, 0) is 57.8 Å². The van der Waals surface area contributed by atoms with E-state index in [1.165, 1.54) is 109 Å². The Balaban J connectivity index is 4.27. The molecule has 2 atom stereocenters. The van der Waals surface area contributed by atoms with Gasteiger partial charge in [0, 0.05) is 12.8 Å². The zero-order valence-electron chi connectivity index (χ0n) is 42.7. The maximum absolute atomic E-state index is 12.8. The predicted molar refractivity (Wildman–Crippen MR) is 275 cm³/mol. The van der Waals surface area contributed by atoms with Crippen molar-refractivity contribution in [2.24, 2.45) is 0 Å². The molecule has 0 aromatic heterocycles. The highest BCUT2D eigenvalue weighted by Gasteiger charge is 2.27. The fraction of sp³-hybridized carbons (Fsp3) is 0.782. The Bertz CT molecular complexity index is 1290. The average Bonchev–Trinajstić information content (AvgIpc) is 3.26. The predicted octanol–water partition coefficient (Wildman–Crippen LogP) is 16.0. The average molecular weight is 935 g/mol. The van der Waals surface area contributed by atoms with Gasteiger partial charge in [0.1, 0.15) is 19.8 Å². The highest BCUT2D eigenvalue weighted by Crippen LogP contribution is 2.43. The number of likely N-dealkylation sites (N-methyl/N-ethyl adjacent to an activating group) is 1. The van der Waals surface area contributed by atoms with Crippen molar-refractivity contribution in [1.29, 1.82) is 0 Å². The Morgan fingerprint density at radius 2 is 0.877 bits per heavy atom. The van der Waals surface area contributed by atoms with E-state index < -0.39 is 26.5 Å². The molecule has 0 spiro atoms. The first-order chi connectivity index (χ1) is 31.5. The summed E-state index contributed by atoms with van der Waals surface area (Å²) in [6.45, 7) is 4.31. The molecule has 0 saturated heterocycles. The number of esters is 2. The normalized spacial score (nSPS) is 13.9. The van der Waals surface area contributed by atoms with Crippen molar-refractivity contribution in [1.82, 2.24) is 0 Å². The highest BCUT2D eigenvalue weighted by atomic mass is 31.2. The second-order valence-corrected chi connectivity index (χ2v) is 20.3. The first-order valence-electron chi connectivity index (χ1n) is 26.5. The fourth-order valence-electron chi connectivity index (χ4n) is 7.22. The number of ether oxygens (including phenoxy) is 2. The third kappa shape index (κ3) is 51.0. The van der Waals surface area contributed by atoms with Crippen molar-refractivity contribution in [3.05, 3.63) is 60.8 Å². The zero-order chi connectivity index (χ0) is 47.8. The SMILES string of the molecule is CC/C=C\C/C=C\C/C=C\C/C=C\C/C=C\CCCCCCCC(=O)OC(COC(=O)CCCCCCCCCCCCCCCCCCCCCC)COP(=O)(O)OCC[N+](C)(C)C. The van der Waals surface area contributed by atoms with Gasteiger partial charge in [-0.3, -0.25) is 18.6 Å². The van der Waals surface area contributed by atoms with Crippen LogP contribution in [0.2, 0.25) is 0 Å². The van der Waals surface area contributed by atoms with Crippen LogP contribution in [0.15, 0.2) is 60.8 Å². The van der Waals surface area contributed by atoms with Crippen LogP contribution in [0.25, 0.3) is 0 Å². The van der Waals surface area contributed by atoms with Crippen LogP contribution < -0.4 is 0 Å². The number of carbonyl (C=O) groups excluding carboxylic acids is 2. The van der Waals surface area contributed by atoms with Crippen molar-refractivity contribution in [3.8, 4) is 0 Å². The number of phosphoric acid groups is 1. The van der Waals surface area contributed by atoms with E-state index in [-0.39, 0.29) is 32.0 Å². The number of carbonyl (C=O) groups is 2. The lowest BCUT2D eigenvalue weighted by atomic mass is 10.0. The minimum Gasteiger partial charge on any atom is -0.462 e. The summed E-state index contributed by atoms with van der Waals surface area (Å²) in [5, 5.41) is 0. The smallest absolute Gasteiger partial charge is 0.462 e. The van der Waals surface area contributed by atoms with Crippen LogP contribution in [0.4, 0.5) is 0 Å². The monoisotopic (exact) mass is 935 g/mol. The summed E-state index contributed by atoms with van der Waals surface area (Å²) >= 11 is 0. The number of phosphoric ester groups is 1. The number of allylic oxidation sites excluding steroid dienone is 10. The summed E-state index contributed by atoms with van der Waals surface area (Å²) in [5.74, 6) is -0.814. The van der Waals surface area contributed by atoms with Crippen LogP contribution in [0.3, 0.4) is 0 Å². The van der Waals surface area contributed by atoms with E-state index >= 15 is 0 Å². The summed E-state index contributed by atoms with van der Waals surface area (Å²) in [5.41, 5.74) is 0. The maximum Gasteiger partial charge on any atom is 0.472 e. The highest BCUT2D eigenvalue weighted by molar-refractivity contribution is 7.47. The molecule has 0 aromatic rings. The number of hydrogen-bond donors (Lipinski definition) is 1. The molecule has 0 heterocycles. The lowest BCUT2D eigenvalue weighted by Crippen LogP contribution is -2.37. The number of nitrogens with zero attached hydrogens (tertiary/aromatic N) is 1. The van der Waals surface area contributed by atoms with Gasteiger partial charge in [0.05, 0.1) is 27.7 Å². The van der Waals surface area contributed by atoms with E-state index in [0.29, 0.717) is 17.4 Å². The Kier molecular flexibility index (Phi) is 45.2. The van der Waals surface area contributed by atoms with Crippen molar-refractivity contribution < 1.29 is 42.1 Å². The molecule has 0 bridgehead atoms. The van der Waals surface area contributed by atoms with Crippen LogP contribution in [0.1, 0.15) is 226 Å². The van der Waals surface area contributed by atoms with Gasteiger partial charge in [0.2, 0.25) is 0 Å². The topological polar surface area (TPSA) is 108 Å². The molecule has 0 rings (SSSR count). The first kappa shape index (κ1) is 62.7. The molecule has 0 saturated carbocycles. The Hall–Kier alpha value is -2.29. The van der Waals surface area contributed by atoms with Gasteiger partial charge in [-0.25, -0.2) is 4.57 Å². The molecule has 378 valence electrons. The lowest BCUT2D eigenvalue weighted by molar-refractivity contribution is -0.870. The minimum atomic E-state index is -4.39. The second-order valence-electron chi connectivity index (χ2n) is 18.9. The van der Waals surface area contributed by atoms with E-state index in [1.54, 1.807) is 0 Å². The van der Waals surface area contributed by atoms with E-state index in [4.69, 9.17) is 18.5 Å². The second kappa shape index (κ2) is 46.8. The van der Waals surface area contributed by atoms with Gasteiger partial charge in [-0.1, -0.05) is 216 Å². The van der Waals surface area contributed by atoms with E-state index in [9.17, 15) is 19.0 Å². The van der Waals surface area contributed by atoms with Gasteiger partial charge in [0.15, 0.2) is 6.10 Å². The molecular weight excluding hydrogens is 834 g/mol. The van der Waals surface area contributed by atoms with Gasteiger partial charge >= 0.3 is 19.8 Å². The van der Waals surface area contributed by atoms with Gasteiger partial charge in [-0.2, -0.15) is 0 Å². The van der Waals surface area contributed by atoms with Crippen molar-refractivity contribution >= 4 is 19.8 Å². The Morgan fingerprint density at radius 1 is 0.492 bits per heavy atom. The molecule has 65 heavy (non-hydrogen) atoms. The molecule has 10 heteroatoms. The molecular formula is C55H101NO8P+. The third-order valence-corrected chi connectivity index (χ3v) is 12.3. The standard InChI is InChI=1S/C55H100NO8P/c1-6-8-10-12-14-16-18-20-22-24-26-28-30-32-34-36-38-40-42-44-46-48-55(58)64-53(52-63-65(59,60)62-50-49-56(3,4)5)51-61-54(57)47-45-43-41-39-37-35-33-31-29-27-25-23-21-19-17-15-13-11-9-7-2/h8,10,14,16,20,22,26,28,32,34,53H,6-7,9,11-13,15,17-19,21,23-25,27,29-31,33,35-52H2,1-5H3/p+1/b10-8-,16-14-,22-20-,28-26-,34-32-. The minimum absolute atomic E-state index is 0.0263. The van der Waals surface area contributed by atoms with Crippen LogP contribution in [0.5, 0.6) is 0 Å². The summed E-state index contributed by atoms with van der Waals surface area (Å²) in [4.78, 5) is 35.6. The first-order valence-corrected chi connectivity index (χ1v) is 28.0. The summed E-state index contributed by atoms with van der Waals surface area (Å²) < 4.78 is 34.5. The molecule has 0 aromatic carbocycles. The zero-order valence-corrected chi connectivity index (χ0v) is 43.6. The Morgan fingerprint density at radius 3 is 1.31 bits per heavy atom. The summed E-state index contributed by atoms with van der Waals surface area (Å²) in [7, 11) is 1.46. The Labute approximate surface area is 400 Å². The molecule has 2 unspecified atom stereocenters. The molecule has 0 radical (unpaired) electrons. The molecule has 1 N–H and O–H groups in total. The van der Waals surface area contributed by atoms with Crippen molar-refractivity contribution in [3.63, 3.8) is 0 Å². The van der Waals surface area contributed by atoms with Crippen molar-refractivity contribution in [2.75, 3.05) is 47.5 Å². The van der Waals surface area contributed by atoms with Gasteiger partial charge < -0.3 is 18.9 Å². The molecule has 9 nitrogen and oxygen atoms in total. The maximum atomic E-state index is 12.8. The molecule has 0 aliphatic heterocycles. The molecule has 0 aliphatic rings. The number of rotatable bonds is 48. The largest absolute Gasteiger partial charge is 0.472 e. The van der Waals surface area contributed by atoms with Crippen LogP contribution >= 0.6 is 7.82 Å². The number of unbranched alkanes of at least 4 members (excludes halogenated alkanes) is 24. The van der Waals surface area contributed by atoms with Crippen LogP contribution in [-0.4, -0.2) is 74.9 Å². The third-order valence-electron chi connectivity index (χ3n) is 11.3. The van der Waals surface area contributed by atoms with E-state index in [1.807, 2.05) is 21.1 Å². The lowest BCUT2D eigenvalue weighted by Gasteiger charge is -2.24. The molecule has 0 aliphatic carbocycles. The van der Waals surface area contributed by atoms with E-state index in [2.05, 4.69) is 74.6 Å². The quantitative estimate of drug-likeness (QED) is 0.0211. The van der Waals surface area contributed by atoms with Crippen molar-refractivity contribution in [2.45, 2.75) is 232 Å². The van der Waals surface area contributed by atoms with E-state index in [0.717, 1.165) is 83.5 Å². The summed E-state index contributed by atoms with van der Waals surface area (Å²) in [6.07, 6.45) is 58.4. The van der Waals surface area contributed by atoms with Gasteiger partial charge in [-0.15, -0.1) is 0 Å². The molecule has 0 fully saturated rings. The number of hydrogen-bond acceptors (Lipinski definition) is 7. The molecule has 0 amide bonds.